The minimum absolute atomic E-state index is 0.135. The van der Waals surface area contributed by atoms with E-state index >= 15 is 0 Å². The number of hydrogen-bond acceptors (Lipinski definition) is 7. The molecule has 0 aliphatic heterocycles. The molecule has 10 nitrogen and oxygen atoms in total. The van der Waals surface area contributed by atoms with E-state index in [0.29, 0.717) is 27.4 Å². The minimum atomic E-state index is -0.995. The fraction of sp³-hybridized carbons (Fsp3) is 0.111. The smallest absolute Gasteiger partial charge is 0.313 e. The molecular formula is C18H15N5O5S. The van der Waals surface area contributed by atoms with Gasteiger partial charge in [-0.25, -0.2) is 0 Å². The summed E-state index contributed by atoms with van der Waals surface area (Å²) in [5, 5.41) is 30.8. The second-order valence-corrected chi connectivity index (χ2v) is 6.81. The van der Waals surface area contributed by atoms with Crippen molar-refractivity contribution in [3.8, 4) is 22.5 Å². The molecule has 0 saturated carbocycles. The van der Waals surface area contributed by atoms with Gasteiger partial charge in [-0.2, -0.15) is 0 Å². The van der Waals surface area contributed by atoms with Gasteiger partial charge in [-0.15, -0.1) is 10.2 Å². The van der Waals surface area contributed by atoms with Crippen molar-refractivity contribution < 1.29 is 19.6 Å². The number of nitro benzene ring substituents is 1. The maximum atomic E-state index is 11.7. The number of carbonyl (C=O) groups excluding carboxylic acids is 1. The minimum Gasteiger partial charge on any atom is -0.481 e. The van der Waals surface area contributed by atoms with Gasteiger partial charge in [0, 0.05) is 30.3 Å². The number of nitro groups is 1. The van der Waals surface area contributed by atoms with E-state index in [9.17, 15) is 19.7 Å². The SMILES string of the molecule is CNC(=O)c1ccc(-c2cc(-c3nnc(SCC(=O)O)[nH]3)cc([N+](=O)[O-])c2)cc1. The van der Waals surface area contributed by atoms with E-state index in [4.69, 9.17) is 5.11 Å². The zero-order valence-corrected chi connectivity index (χ0v) is 15.9. The molecule has 1 aromatic heterocycles. The van der Waals surface area contributed by atoms with Crippen LogP contribution in [-0.4, -0.2) is 49.9 Å². The third-order valence-corrected chi connectivity index (χ3v) is 4.76. The third-order valence-electron chi connectivity index (χ3n) is 3.91. The summed E-state index contributed by atoms with van der Waals surface area (Å²) in [7, 11) is 1.53. The summed E-state index contributed by atoms with van der Waals surface area (Å²) in [6.07, 6.45) is 0. The van der Waals surface area contributed by atoms with Gasteiger partial charge in [-0.1, -0.05) is 23.9 Å². The van der Waals surface area contributed by atoms with Gasteiger partial charge < -0.3 is 15.4 Å². The number of aromatic nitrogens is 3. The van der Waals surface area contributed by atoms with Crippen molar-refractivity contribution in [2.24, 2.45) is 0 Å². The van der Waals surface area contributed by atoms with Crippen LogP contribution in [0.1, 0.15) is 10.4 Å². The maximum Gasteiger partial charge on any atom is 0.313 e. The van der Waals surface area contributed by atoms with Crippen LogP contribution in [0.2, 0.25) is 0 Å². The summed E-state index contributed by atoms with van der Waals surface area (Å²) in [6, 6.07) is 11.1. The molecule has 0 atom stereocenters. The number of carboxylic acid groups (broad SMARTS) is 1. The van der Waals surface area contributed by atoms with Crippen molar-refractivity contribution in [3.05, 3.63) is 58.1 Å². The Morgan fingerprint density at radius 3 is 2.45 bits per heavy atom. The van der Waals surface area contributed by atoms with E-state index < -0.39 is 10.9 Å². The lowest BCUT2D eigenvalue weighted by Crippen LogP contribution is -2.17. The van der Waals surface area contributed by atoms with E-state index in [1.165, 1.54) is 19.2 Å². The molecule has 29 heavy (non-hydrogen) atoms. The molecule has 3 rings (SSSR count). The monoisotopic (exact) mass is 413 g/mol. The van der Waals surface area contributed by atoms with Crippen LogP contribution >= 0.6 is 11.8 Å². The van der Waals surface area contributed by atoms with Crippen LogP contribution in [0.15, 0.2) is 47.6 Å². The van der Waals surface area contributed by atoms with Crippen LogP contribution in [0.5, 0.6) is 0 Å². The Hall–Kier alpha value is -3.73. The number of non-ortho nitro benzene ring substituents is 1. The Balaban J connectivity index is 1.97. The molecule has 1 heterocycles. The number of hydrogen-bond donors (Lipinski definition) is 3. The summed E-state index contributed by atoms with van der Waals surface area (Å²) in [5.41, 5.74) is 2.01. The molecule has 11 heteroatoms. The number of carbonyl (C=O) groups is 2. The number of aromatic amines is 1. The molecule has 2 aromatic carbocycles. The van der Waals surface area contributed by atoms with Crippen molar-refractivity contribution in [1.82, 2.24) is 20.5 Å². The number of H-pyrrole nitrogens is 1. The van der Waals surface area contributed by atoms with Crippen LogP contribution in [0.25, 0.3) is 22.5 Å². The first-order valence-electron chi connectivity index (χ1n) is 8.27. The van der Waals surface area contributed by atoms with E-state index in [1.807, 2.05) is 0 Å². The lowest BCUT2D eigenvalue weighted by Gasteiger charge is -2.06. The number of amides is 1. The Labute approximate surface area is 168 Å². The van der Waals surface area contributed by atoms with Crippen LogP contribution in [-0.2, 0) is 4.79 Å². The summed E-state index contributed by atoms with van der Waals surface area (Å²) < 4.78 is 0. The topological polar surface area (TPSA) is 151 Å². The molecule has 1 amide bonds. The number of nitrogens with one attached hydrogen (secondary N) is 2. The average molecular weight is 413 g/mol. The van der Waals surface area contributed by atoms with Crippen molar-refractivity contribution in [2.45, 2.75) is 5.16 Å². The predicted molar refractivity (Wildman–Crippen MR) is 106 cm³/mol. The number of benzene rings is 2. The highest BCUT2D eigenvalue weighted by Gasteiger charge is 2.15. The predicted octanol–water partition coefficient (Wildman–Crippen LogP) is 2.58. The van der Waals surface area contributed by atoms with Crippen LogP contribution in [0, 0.1) is 10.1 Å². The van der Waals surface area contributed by atoms with Crippen LogP contribution in [0.4, 0.5) is 5.69 Å². The highest BCUT2D eigenvalue weighted by molar-refractivity contribution is 7.99. The van der Waals surface area contributed by atoms with Crippen molar-refractivity contribution in [2.75, 3.05) is 12.8 Å². The zero-order chi connectivity index (χ0) is 21.0. The number of rotatable bonds is 7. The van der Waals surface area contributed by atoms with Gasteiger partial charge in [-0.3, -0.25) is 19.7 Å². The Kier molecular flexibility index (Phi) is 5.88. The molecule has 0 aliphatic carbocycles. The number of nitrogens with zero attached hydrogens (tertiary/aromatic N) is 3. The molecule has 3 N–H and O–H groups in total. The normalized spacial score (nSPS) is 10.5. The molecule has 0 unspecified atom stereocenters. The quantitative estimate of drug-likeness (QED) is 0.304. The molecule has 3 aromatic rings. The van der Waals surface area contributed by atoms with Gasteiger partial charge in [0.1, 0.15) is 0 Å². The third kappa shape index (κ3) is 4.76. The van der Waals surface area contributed by atoms with E-state index in [1.54, 1.807) is 30.3 Å². The lowest BCUT2D eigenvalue weighted by atomic mass is 10.0. The molecule has 0 radical (unpaired) electrons. The number of carboxylic acids is 1. The highest BCUT2D eigenvalue weighted by Crippen LogP contribution is 2.31. The Morgan fingerprint density at radius 2 is 1.83 bits per heavy atom. The average Bonchev–Trinajstić information content (AvgIpc) is 3.20. The van der Waals surface area contributed by atoms with Gasteiger partial charge in [-0.05, 0) is 29.3 Å². The van der Waals surface area contributed by atoms with Crippen molar-refractivity contribution in [1.29, 1.82) is 0 Å². The summed E-state index contributed by atoms with van der Waals surface area (Å²) in [5.74, 6) is -1.13. The van der Waals surface area contributed by atoms with Crippen molar-refractivity contribution >= 4 is 29.3 Å². The summed E-state index contributed by atoms with van der Waals surface area (Å²) >= 11 is 0.961. The molecule has 0 spiro atoms. The molecular weight excluding hydrogens is 398 g/mol. The van der Waals surface area contributed by atoms with E-state index in [-0.39, 0.29) is 23.2 Å². The van der Waals surface area contributed by atoms with E-state index in [0.717, 1.165) is 11.8 Å². The van der Waals surface area contributed by atoms with Gasteiger partial charge in [0.2, 0.25) is 0 Å². The molecule has 0 aliphatic rings. The molecule has 0 bridgehead atoms. The Morgan fingerprint density at radius 1 is 1.14 bits per heavy atom. The first-order chi connectivity index (χ1) is 13.9. The van der Waals surface area contributed by atoms with Gasteiger partial charge in [0.05, 0.1) is 10.7 Å². The fourth-order valence-electron chi connectivity index (χ4n) is 2.55. The van der Waals surface area contributed by atoms with E-state index in [2.05, 4.69) is 20.5 Å². The van der Waals surface area contributed by atoms with Gasteiger partial charge in [0.25, 0.3) is 11.6 Å². The fourth-order valence-corrected chi connectivity index (χ4v) is 3.08. The second-order valence-electron chi connectivity index (χ2n) is 5.84. The van der Waals surface area contributed by atoms with Crippen molar-refractivity contribution in [3.63, 3.8) is 0 Å². The largest absolute Gasteiger partial charge is 0.481 e. The first kappa shape index (κ1) is 20.0. The standard InChI is InChI=1S/C18H15N5O5S/c1-19-17(26)11-4-2-10(3-5-11)12-6-13(8-14(7-12)23(27)28)16-20-18(22-21-16)29-9-15(24)25/h2-8H,9H2,1H3,(H,19,26)(H,24,25)(H,20,21,22). The molecule has 148 valence electrons. The van der Waals surface area contributed by atoms with Gasteiger partial charge in [0.15, 0.2) is 11.0 Å². The maximum absolute atomic E-state index is 11.7. The highest BCUT2D eigenvalue weighted by atomic mass is 32.2. The molecule has 0 saturated heterocycles. The first-order valence-corrected chi connectivity index (χ1v) is 9.25. The van der Waals surface area contributed by atoms with Crippen LogP contribution < -0.4 is 5.32 Å². The number of thioether (sulfide) groups is 1. The second kappa shape index (κ2) is 8.52. The molecule has 0 fully saturated rings. The van der Waals surface area contributed by atoms with Gasteiger partial charge >= 0.3 is 5.97 Å². The summed E-state index contributed by atoms with van der Waals surface area (Å²) in [6.45, 7) is 0. The lowest BCUT2D eigenvalue weighted by molar-refractivity contribution is -0.384. The number of aliphatic carboxylic acids is 1. The van der Waals surface area contributed by atoms with Crippen LogP contribution in [0.3, 0.4) is 0 Å². The summed E-state index contributed by atoms with van der Waals surface area (Å²) in [4.78, 5) is 36.1. The zero-order valence-electron chi connectivity index (χ0n) is 15.1. The Bertz CT molecular complexity index is 1080.